The fourth-order valence-electron chi connectivity index (χ4n) is 2.38. The molecule has 3 nitrogen and oxygen atoms in total. The van der Waals surface area contributed by atoms with Crippen LogP contribution in [0.15, 0.2) is 34.9 Å². The maximum atomic E-state index is 12.6. The van der Waals surface area contributed by atoms with Gasteiger partial charge in [0.15, 0.2) is 0 Å². The van der Waals surface area contributed by atoms with Gasteiger partial charge in [0.25, 0.3) is 0 Å². The quantitative estimate of drug-likeness (QED) is 0.861. The maximum Gasteiger partial charge on any atom is 0.419 e. The van der Waals surface area contributed by atoms with Gasteiger partial charge in [0.05, 0.1) is 11.3 Å². The molecule has 1 aromatic heterocycles. The summed E-state index contributed by atoms with van der Waals surface area (Å²) < 4.78 is 48.3. The van der Waals surface area contributed by atoms with Crippen molar-refractivity contribution in [3.05, 3.63) is 47.4 Å². The van der Waals surface area contributed by atoms with E-state index in [2.05, 4.69) is 5.32 Å². The summed E-state index contributed by atoms with van der Waals surface area (Å²) >= 11 is 0. The molecule has 6 heteroatoms. The summed E-state index contributed by atoms with van der Waals surface area (Å²) in [5.41, 5.74) is 1.12. The van der Waals surface area contributed by atoms with Crippen LogP contribution >= 0.6 is 0 Å². The third-order valence-electron chi connectivity index (χ3n) is 3.67. The van der Waals surface area contributed by atoms with Crippen LogP contribution in [0.3, 0.4) is 0 Å². The molecule has 2 aromatic rings. The molecule has 0 amide bonds. The average Bonchev–Trinajstić information content (AvgIpc) is 3.21. The number of alkyl halides is 3. The molecule has 0 saturated heterocycles. The minimum atomic E-state index is -4.40. The predicted octanol–water partition coefficient (Wildman–Crippen LogP) is 4.80. The largest absolute Gasteiger partial charge is 0.483 e. The molecular formula is C16H16F3NO2. The van der Waals surface area contributed by atoms with Crippen LogP contribution in [0.25, 0.3) is 0 Å². The fraction of sp³-hybridized carbons (Fsp3) is 0.375. The van der Waals surface area contributed by atoms with Crippen LogP contribution in [0.2, 0.25) is 0 Å². The number of benzene rings is 1. The SMILES string of the molecule is CNc1cccc(C2CC2)c1OCc1cc(C(F)(F)F)co1. The highest BCUT2D eigenvalue weighted by atomic mass is 19.4. The Bertz CT molecular complexity index is 660. The molecule has 0 bridgehead atoms. The molecule has 118 valence electrons. The zero-order chi connectivity index (χ0) is 15.7. The Hall–Kier alpha value is -2.11. The minimum absolute atomic E-state index is 0.0332. The lowest BCUT2D eigenvalue weighted by Crippen LogP contribution is -2.03. The van der Waals surface area contributed by atoms with Crippen LogP contribution in [-0.2, 0) is 12.8 Å². The summed E-state index contributed by atoms with van der Waals surface area (Å²) in [6.07, 6.45) is -1.46. The van der Waals surface area contributed by atoms with E-state index >= 15 is 0 Å². The van der Waals surface area contributed by atoms with E-state index < -0.39 is 11.7 Å². The van der Waals surface area contributed by atoms with Gasteiger partial charge >= 0.3 is 6.18 Å². The van der Waals surface area contributed by atoms with Gasteiger partial charge in [-0.15, -0.1) is 0 Å². The zero-order valence-corrected chi connectivity index (χ0v) is 12.0. The van der Waals surface area contributed by atoms with Crippen molar-refractivity contribution < 1.29 is 22.3 Å². The normalized spacial score (nSPS) is 14.9. The Labute approximate surface area is 126 Å². The van der Waals surface area contributed by atoms with Gasteiger partial charge in [-0.1, -0.05) is 12.1 Å². The Kier molecular flexibility index (Phi) is 3.76. The molecule has 1 saturated carbocycles. The molecule has 22 heavy (non-hydrogen) atoms. The lowest BCUT2D eigenvalue weighted by molar-refractivity contribution is -0.137. The Morgan fingerprint density at radius 3 is 2.68 bits per heavy atom. The second-order valence-electron chi connectivity index (χ2n) is 5.34. The van der Waals surface area contributed by atoms with E-state index in [1.165, 1.54) is 0 Å². The lowest BCUT2D eigenvalue weighted by Gasteiger charge is -2.14. The molecule has 0 atom stereocenters. The van der Waals surface area contributed by atoms with Gasteiger partial charge in [-0.3, -0.25) is 0 Å². The topological polar surface area (TPSA) is 34.4 Å². The van der Waals surface area contributed by atoms with Crippen molar-refractivity contribution in [1.29, 1.82) is 0 Å². The highest BCUT2D eigenvalue weighted by molar-refractivity contribution is 5.61. The van der Waals surface area contributed by atoms with Gasteiger partial charge in [-0.25, -0.2) is 0 Å². The fourth-order valence-corrected chi connectivity index (χ4v) is 2.38. The zero-order valence-electron chi connectivity index (χ0n) is 12.0. The molecule has 0 radical (unpaired) electrons. The van der Waals surface area contributed by atoms with E-state index in [1.54, 1.807) is 7.05 Å². The highest BCUT2D eigenvalue weighted by Gasteiger charge is 2.33. The third kappa shape index (κ3) is 3.05. The van der Waals surface area contributed by atoms with Gasteiger partial charge in [-0.2, -0.15) is 13.2 Å². The molecular weight excluding hydrogens is 295 g/mol. The summed E-state index contributed by atoms with van der Waals surface area (Å²) in [6.45, 7) is -0.0332. The van der Waals surface area contributed by atoms with Crippen molar-refractivity contribution in [2.45, 2.75) is 31.5 Å². The summed E-state index contributed by atoms with van der Waals surface area (Å²) in [7, 11) is 1.79. The summed E-state index contributed by atoms with van der Waals surface area (Å²) in [4.78, 5) is 0. The smallest absolute Gasteiger partial charge is 0.419 e. The number of para-hydroxylation sites is 1. The number of halogens is 3. The van der Waals surface area contributed by atoms with E-state index in [9.17, 15) is 13.2 Å². The van der Waals surface area contributed by atoms with Gasteiger partial charge < -0.3 is 14.5 Å². The lowest BCUT2D eigenvalue weighted by atomic mass is 10.1. The van der Waals surface area contributed by atoms with Crippen molar-refractivity contribution in [1.82, 2.24) is 0 Å². The number of hydrogen-bond acceptors (Lipinski definition) is 3. The first-order valence-corrected chi connectivity index (χ1v) is 7.07. The van der Waals surface area contributed by atoms with E-state index in [-0.39, 0.29) is 12.4 Å². The molecule has 0 spiro atoms. The van der Waals surface area contributed by atoms with Crippen molar-refractivity contribution in [2.75, 3.05) is 12.4 Å². The molecule has 1 aliphatic carbocycles. The maximum absolute atomic E-state index is 12.6. The third-order valence-corrected chi connectivity index (χ3v) is 3.67. The summed E-state index contributed by atoms with van der Waals surface area (Å²) in [6, 6.07) is 6.79. The molecule has 1 aliphatic rings. The summed E-state index contributed by atoms with van der Waals surface area (Å²) in [5.74, 6) is 1.32. The van der Waals surface area contributed by atoms with E-state index in [0.29, 0.717) is 17.9 Å². The first-order valence-electron chi connectivity index (χ1n) is 7.07. The number of hydrogen-bond donors (Lipinski definition) is 1. The molecule has 1 aromatic carbocycles. The Morgan fingerprint density at radius 2 is 2.09 bits per heavy atom. The van der Waals surface area contributed by atoms with Crippen molar-refractivity contribution >= 4 is 5.69 Å². The van der Waals surface area contributed by atoms with Crippen LogP contribution in [0.5, 0.6) is 5.75 Å². The van der Waals surface area contributed by atoms with E-state index in [1.807, 2.05) is 18.2 Å². The molecule has 0 aliphatic heterocycles. The first-order chi connectivity index (χ1) is 10.5. The van der Waals surface area contributed by atoms with Crippen molar-refractivity contribution in [3.63, 3.8) is 0 Å². The number of rotatable bonds is 5. The average molecular weight is 311 g/mol. The Morgan fingerprint density at radius 1 is 1.32 bits per heavy atom. The van der Waals surface area contributed by atoms with Crippen LogP contribution in [0.1, 0.15) is 35.6 Å². The van der Waals surface area contributed by atoms with Gasteiger partial charge in [0, 0.05) is 7.05 Å². The second-order valence-corrected chi connectivity index (χ2v) is 5.34. The van der Waals surface area contributed by atoms with Gasteiger partial charge in [0.2, 0.25) is 0 Å². The number of anilines is 1. The van der Waals surface area contributed by atoms with Crippen molar-refractivity contribution in [3.8, 4) is 5.75 Å². The van der Waals surface area contributed by atoms with Crippen LogP contribution in [0, 0.1) is 0 Å². The second kappa shape index (κ2) is 5.59. The van der Waals surface area contributed by atoms with Crippen LogP contribution in [0.4, 0.5) is 18.9 Å². The van der Waals surface area contributed by atoms with Crippen LogP contribution in [-0.4, -0.2) is 7.05 Å². The molecule has 1 heterocycles. The summed E-state index contributed by atoms with van der Waals surface area (Å²) in [5, 5.41) is 3.05. The van der Waals surface area contributed by atoms with E-state index in [4.69, 9.17) is 9.15 Å². The van der Waals surface area contributed by atoms with E-state index in [0.717, 1.165) is 30.2 Å². The number of ether oxygens (including phenoxy) is 1. The molecule has 1 N–H and O–H groups in total. The monoisotopic (exact) mass is 311 g/mol. The number of furan rings is 1. The molecule has 0 unspecified atom stereocenters. The predicted molar refractivity (Wildman–Crippen MR) is 76.0 cm³/mol. The molecule has 3 rings (SSSR count). The number of nitrogens with one attached hydrogen (secondary N) is 1. The molecule has 1 fully saturated rings. The minimum Gasteiger partial charge on any atom is -0.483 e. The highest BCUT2D eigenvalue weighted by Crippen LogP contribution is 2.46. The van der Waals surface area contributed by atoms with Crippen LogP contribution < -0.4 is 10.1 Å². The van der Waals surface area contributed by atoms with Crippen molar-refractivity contribution in [2.24, 2.45) is 0 Å². The van der Waals surface area contributed by atoms with Gasteiger partial charge in [0.1, 0.15) is 24.4 Å². The first kappa shape index (κ1) is 14.8. The standard InChI is InChI=1S/C16H16F3NO2/c1-20-14-4-2-3-13(10-5-6-10)15(14)22-9-12-7-11(8-21-12)16(17,18)19/h2-4,7-8,10,20H,5-6,9H2,1H3. The van der Waals surface area contributed by atoms with Gasteiger partial charge in [-0.05, 0) is 36.5 Å². The Balaban J connectivity index is 1.77.